The van der Waals surface area contributed by atoms with Gasteiger partial charge in [0.2, 0.25) is 15.9 Å². The van der Waals surface area contributed by atoms with Gasteiger partial charge >= 0.3 is 0 Å². The first kappa shape index (κ1) is 40.7. The highest BCUT2D eigenvalue weighted by Gasteiger charge is 2.34. The molecule has 0 aromatic heterocycles. The summed E-state index contributed by atoms with van der Waals surface area (Å²) in [6.45, 7) is 4.00. The molecule has 1 heterocycles. The predicted molar refractivity (Wildman–Crippen MR) is 226 cm³/mol. The fourth-order valence-electron chi connectivity index (χ4n) is 7.15. The standard InChI is InChI=1S/C48H49N3O6S/c1-35-17-27-44(28-18-35)58(54,55)50-45(29-36-11-5-2-6-12-36)47(53)49-42-25-23-41(24-26-42)48-56-43(30-46(57-48)40-21-19-39(34-52)20-22-40)33-51(31-37-13-7-3-8-14-37)32-38-15-9-4-10-16-38/h2-28,43,45-46,48,50,52H,29-34H2,1H3,(H,49,53)/t43-,45-,46+,48+/m1/s1. The lowest BCUT2D eigenvalue weighted by molar-refractivity contribution is -0.253. The largest absolute Gasteiger partial charge is 0.392 e. The first-order valence-electron chi connectivity index (χ1n) is 19.6. The SMILES string of the molecule is Cc1ccc(S(=O)(=O)N[C@H](Cc2ccccc2)C(=O)Nc2ccc([C@H]3O[C@@H](CN(Cc4ccccc4)Cc4ccccc4)C[C@@H](c4ccc(CO)cc4)O3)cc2)cc1. The molecule has 0 saturated carbocycles. The summed E-state index contributed by atoms with van der Waals surface area (Å²) in [4.78, 5) is 16.3. The number of carbonyl (C=O) groups is 1. The number of nitrogens with one attached hydrogen (secondary N) is 2. The van der Waals surface area contributed by atoms with Crippen molar-refractivity contribution in [1.82, 2.24) is 9.62 Å². The monoisotopic (exact) mass is 795 g/mol. The maximum absolute atomic E-state index is 13.8. The Kier molecular flexibility index (Phi) is 13.6. The number of hydrogen-bond donors (Lipinski definition) is 3. The molecule has 298 valence electrons. The molecule has 1 saturated heterocycles. The number of ether oxygens (including phenoxy) is 2. The number of anilines is 1. The topological polar surface area (TPSA) is 117 Å². The number of rotatable bonds is 16. The summed E-state index contributed by atoms with van der Waals surface area (Å²) in [5.74, 6) is -0.485. The van der Waals surface area contributed by atoms with Crippen LogP contribution in [0, 0.1) is 6.92 Å². The molecule has 10 heteroatoms. The zero-order chi connectivity index (χ0) is 40.3. The quantitative estimate of drug-likeness (QED) is 0.0904. The van der Waals surface area contributed by atoms with Gasteiger partial charge in [0.05, 0.1) is 23.7 Å². The lowest BCUT2D eigenvalue weighted by atomic mass is 9.99. The Labute approximate surface area is 341 Å². The Morgan fingerprint density at radius 2 is 1.24 bits per heavy atom. The molecule has 1 fully saturated rings. The van der Waals surface area contributed by atoms with Gasteiger partial charge in [0, 0.05) is 37.3 Å². The third-order valence-corrected chi connectivity index (χ3v) is 11.7. The van der Waals surface area contributed by atoms with Crippen molar-refractivity contribution in [2.45, 2.75) is 68.9 Å². The van der Waals surface area contributed by atoms with Crippen LogP contribution < -0.4 is 10.0 Å². The van der Waals surface area contributed by atoms with Crippen LogP contribution in [-0.2, 0) is 50.4 Å². The molecule has 0 aliphatic carbocycles. The molecule has 3 N–H and O–H groups in total. The molecule has 6 aromatic carbocycles. The van der Waals surface area contributed by atoms with Gasteiger partial charge in [0.15, 0.2) is 6.29 Å². The van der Waals surface area contributed by atoms with E-state index >= 15 is 0 Å². The summed E-state index contributed by atoms with van der Waals surface area (Å²) < 4.78 is 42.9. The Bertz CT molecular complexity index is 2270. The predicted octanol–water partition coefficient (Wildman–Crippen LogP) is 8.26. The van der Waals surface area contributed by atoms with Crippen molar-refractivity contribution in [2.24, 2.45) is 0 Å². The second-order valence-corrected chi connectivity index (χ2v) is 16.5. The van der Waals surface area contributed by atoms with Gasteiger partial charge in [0.25, 0.3) is 0 Å². The Morgan fingerprint density at radius 3 is 1.81 bits per heavy atom. The summed E-state index contributed by atoms with van der Waals surface area (Å²) >= 11 is 0. The Morgan fingerprint density at radius 1 is 0.690 bits per heavy atom. The van der Waals surface area contributed by atoms with E-state index in [1.165, 1.54) is 23.3 Å². The number of sulfonamides is 1. The van der Waals surface area contributed by atoms with Crippen LogP contribution in [0.5, 0.6) is 0 Å². The minimum Gasteiger partial charge on any atom is -0.392 e. The van der Waals surface area contributed by atoms with Crippen LogP contribution in [0.3, 0.4) is 0 Å². The molecule has 7 rings (SSSR count). The van der Waals surface area contributed by atoms with Crippen molar-refractivity contribution in [3.63, 3.8) is 0 Å². The Balaban J connectivity index is 1.10. The normalized spacial score (nSPS) is 17.5. The number of nitrogens with zero attached hydrogens (tertiary/aromatic N) is 1. The molecular weight excluding hydrogens is 747 g/mol. The van der Waals surface area contributed by atoms with E-state index in [0.29, 0.717) is 18.7 Å². The highest BCUT2D eigenvalue weighted by molar-refractivity contribution is 7.89. The number of hydrogen-bond acceptors (Lipinski definition) is 7. The lowest BCUT2D eigenvalue weighted by Gasteiger charge is -2.38. The maximum atomic E-state index is 13.8. The van der Waals surface area contributed by atoms with Crippen molar-refractivity contribution >= 4 is 21.6 Å². The molecular formula is C48H49N3O6S. The van der Waals surface area contributed by atoms with Crippen LogP contribution in [0.4, 0.5) is 5.69 Å². The minimum atomic E-state index is -4.00. The number of benzene rings is 6. The van der Waals surface area contributed by atoms with Gasteiger partial charge in [-0.3, -0.25) is 9.69 Å². The summed E-state index contributed by atoms with van der Waals surface area (Å²) in [6.07, 6.45) is -0.370. The van der Waals surface area contributed by atoms with E-state index < -0.39 is 28.3 Å². The molecule has 1 amide bonds. The van der Waals surface area contributed by atoms with E-state index in [2.05, 4.69) is 63.5 Å². The fourth-order valence-corrected chi connectivity index (χ4v) is 8.35. The van der Waals surface area contributed by atoms with Crippen LogP contribution in [0.2, 0.25) is 0 Å². The molecule has 9 nitrogen and oxygen atoms in total. The zero-order valence-electron chi connectivity index (χ0n) is 32.5. The van der Waals surface area contributed by atoms with Crippen LogP contribution >= 0.6 is 0 Å². The first-order valence-corrected chi connectivity index (χ1v) is 21.0. The van der Waals surface area contributed by atoms with Crippen LogP contribution in [0.25, 0.3) is 0 Å². The highest BCUT2D eigenvalue weighted by atomic mass is 32.2. The van der Waals surface area contributed by atoms with Gasteiger partial charge in [-0.05, 0) is 65.4 Å². The molecule has 0 bridgehead atoms. The Hall–Kier alpha value is -5.46. The smallest absolute Gasteiger partial charge is 0.242 e. The second kappa shape index (κ2) is 19.3. The van der Waals surface area contributed by atoms with Crippen LogP contribution in [0.15, 0.2) is 169 Å². The first-order chi connectivity index (χ1) is 28.2. The summed E-state index contributed by atoms with van der Waals surface area (Å²) in [6, 6.07) is 50.7. The van der Waals surface area contributed by atoms with Crippen molar-refractivity contribution in [3.8, 4) is 0 Å². The number of aliphatic hydroxyl groups excluding tert-OH is 1. The summed E-state index contributed by atoms with van der Waals surface area (Å²) in [7, 11) is -4.00. The molecule has 6 aromatic rings. The average Bonchev–Trinajstić information content (AvgIpc) is 3.25. The van der Waals surface area contributed by atoms with Gasteiger partial charge < -0.3 is 19.9 Å². The number of aliphatic hydroxyl groups is 1. The van der Waals surface area contributed by atoms with E-state index in [1.54, 1.807) is 24.3 Å². The van der Waals surface area contributed by atoms with Gasteiger partial charge in [-0.25, -0.2) is 8.42 Å². The molecule has 58 heavy (non-hydrogen) atoms. The molecule has 0 unspecified atom stereocenters. The fraction of sp³-hybridized carbons (Fsp3) is 0.229. The van der Waals surface area contributed by atoms with E-state index in [-0.39, 0.29) is 30.1 Å². The summed E-state index contributed by atoms with van der Waals surface area (Å²) in [5, 5.41) is 12.6. The van der Waals surface area contributed by atoms with Gasteiger partial charge in [-0.2, -0.15) is 4.72 Å². The molecule has 0 radical (unpaired) electrons. The summed E-state index contributed by atoms with van der Waals surface area (Å²) in [5.41, 5.74) is 7.27. The third kappa shape index (κ3) is 11.1. The average molecular weight is 796 g/mol. The van der Waals surface area contributed by atoms with E-state index in [4.69, 9.17) is 9.47 Å². The van der Waals surface area contributed by atoms with Gasteiger partial charge in [0.1, 0.15) is 6.04 Å². The van der Waals surface area contributed by atoms with E-state index in [1.807, 2.05) is 85.8 Å². The van der Waals surface area contributed by atoms with Crippen LogP contribution in [0.1, 0.15) is 57.8 Å². The van der Waals surface area contributed by atoms with Crippen molar-refractivity contribution in [3.05, 3.63) is 203 Å². The highest BCUT2D eigenvalue weighted by Crippen LogP contribution is 2.38. The molecule has 1 aliphatic rings. The number of carbonyl (C=O) groups excluding carboxylic acids is 1. The molecule has 4 atom stereocenters. The zero-order valence-corrected chi connectivity index (χ0v) is 33.3. The molecule has 0 spiro atoms. The van der Waals surface area contributed by atoms with E-state index in [0.717, 1.165) is 40.9 Å². The van der Waals surface area contributed by atoms with E-state index in [9.17, 15) is 18.3 Å². The van der Waals surface area contributed by atoms with Crippen LogP contribution in [-0.4, -0.2) is 43.0 Å². The van der Waals surface area contributed by atoms with Crippen molar-refractivity contribution in [2.75, 3.05) is 11.9 Å². The van der Waals surface area contributed by atoms with Gasteiger partial charge in [-0.1, -0.05) is 145 Å². The lowest BCUT2D eigenvalue weighted by Crippen LogP contribution is -2.45. The minimum absolute atomic E-state index is 0.0391. The third-order valence-electron chi connectivity index (χ3n) is 10.3. The van der Waals surface area contributed by atoms with Crippen molar-refractivity contribution < 1.29 is 27.8 Å². The molecule has 1 aliphatic heterocycles. The maximum Gasteiger partial charge on any atom is 0.242 e. The number of amides is 1. The van der Waals surface area contributed by atoms with Gasteiger partial charge in [-0.15, -0.1) is 0 Å². The second-order valence-electron chi connectivity index (χ2n) is 14.8. The van der Waals surface area contributed by atoms with Crippen molar-refractivity contribution in [1.29, 1.82) is 0 Å². The number of aryl methyl sites for hydroxylation is 1.